The van der Waals surface area contributed by atoms with Crippen molar-refractivity contribution < 1.29 is 4.79 Å². The summed E-state index contributed by atoms with van der Waals surface area (Å²) in [7, 11) is 0. The number of rotatable bonds is 2. The van der Waals surface area contributed by atoms with E-state index in [0.29, 0.717) is 5.56 Å². The highest BCUT2D eigenvalue weighted by molar-refractivity contribution is 9.10. The number of fused-ring (bicyclic) bond motifs is 1. The number of hydrogen-bond acceptors (Lipinski definition) is 2. The van der Waals surface area contributed by atoms with E-state index < -0.39 is 0 Å². The van der Waals surface area contributed by atoms with Gasteiger partial charge in [0.25, 0.3) is 5.91 Å². The van der Waals surface area contributed by atoms with Gasteiger partial charge in [-0.15, -0.1) is 0 Å². The summed E-state index contributed by atoms with van der Waals surface area (Å²) in [6, 6.07) is 11.7. The normalized spacial score (nSPS) is 16.6. The first kappa shape index (κ1) is 14.1. The van der Waals surface area contributed by atoms with Gasteiger partial charge < -0.3 is 11.1 Å². The Labute approximate surface area is 132 Å². The van der Waals surface area contributed by atoms with Crippen LogP contribution in [0.4, 0.5) is 5.69 Å². The van der Waals surface area contributed by atoms with Crippen molar-refractivity contribution in [3.63, 3.8) is 0 Å². The fraction of sp³-hybridized carbons (Fsp3) is 0.235. The van der Waals surface area contributed by atoms with E-state index in [-0.39, 0.29) is 11.9 Å². The van der Waals surface area contributed by atoms with Crippen molar-refractivity contribution in [1.29, 1.82) is 0 Å². The molecule has 0 spiro atoms. The van der Waals surface area contributed by atoms with Crippen LogP contribution in [-0.2, 0) is 6.42 Å². The first-order valence-electron chi connectivity index (χ1n) is 7.00. The molecule has 21 heavy (non-hydrogen) atoms. The van der Waals surface area contributed by atoms with Gasteiger partial charge in [0.2, 0.25) is 0 Å². The molecule has 1 atom stereocenters. The van der Waals surface area contributed by atoms with E-state index >= 15 is 0 Å². The van der Waals surface area contributed by atoms with Crippen LogP contribution in [0.1, 0.15) is 39.5 Å². The highest BCUT2D eigenvalue weighted by Gasteiger charge is 2.24. The fourth-order valence-corrected chi connectivity index (χ4v) is 3.14. The lowest BCUT2D eigenvalue weighted by molar-refractivity contribution is 0.0936. The molecule has 1 aliphatic carbocycles. The summed E-state index contributed by atoms with van der Waals surface area (Å²) in [5.74, 6) is -0.0367. The molecule has 0 fully saturated rings. The third-order valence-electron chi connectivity index (χ3n) is 3.98. The monoisotopic (exact) mass is 344 g/mol. The lowest BCUT2D eigenvalue weighted by Crippen LogP contribution is -2.27. The SMILES string of the molecule is Cc1ccc(C(=O)NC2CCc3cc(N)ccc32)cc1Br. The molecule has 0 bridgehead atoms. The minimum Gasteiger partial charge on any atom is -0.399 e. The van der Waals surface area contributed by atoms with Crippen LogP contribution < -0.4 is 11.1 Å². The Hall–Kier alpha value is -1.81. The van der Waals surface area contributed by atoms with E-state index in [4.69, 9.17) is 5.73 Å². The van der Waals surface area contributed by atoms with Crippen molar-refractivity contribution in [2.75, 3.05) is 5.73 Å². The second-order valence-corrected chi connectivity index (χ2v) is 6.34. The van der Waals surface area contributed by atoms with Gasteiger partial charge in [0.05, 0.1) is 6.04 Å². The second-order valence-electron chi connectivity index (χ2n) is 5.49. The largest absolute Gasteiger partial charge is 0.399 e. The molecule has 0 saturated carbocycles. The number of carbonyl (C=O) groups excluding carboxylic acids is 1. The number of amides is 1. The zero-order chi connectivity index (χ0) is 15.0. The number of carbonyl (C=O) groups is 1. The molecule has 3 rings (SSSR count). The van der Waals surface area contributed by atoms with Crippen LogP contribution in [0.5, 0.6) is 0 Å². The number of benzene rings is 2. The third-order valence-corrected chi connectivity index (χ3v) is 4.84. The van der Waals surface area contributed by atoms with E-state index in [1.807, 2.05) is 43.3 Å². The molecule has 1 amide bonds. The zero-order valence-electron chi connectivity index (χ0n) is 11.8. The molecule has 0 aromatic heterocycles. The summed E-state index contributed by atoms with van der Waals surface area (Å²) in [6.45, 7) is 2.00. The quantitative estimate of drug-likeness (QED) is 0.815. The highest BCUT2D eigenvalue weighted by atomic mass is 79.9. The van der Waals surface area contributed by atoms with Crippen LogP contribution in [0.3, 0.4) is 0 Å². The number of nitrogens with two attached hydrogens (primary N) is 1. The number of nitrogen functional groups attached to an aromatic ring is 1. The van der Waals surface area contributed by atoms with Gasteiger partial charge in [-0.25, -0.2) is 0 Å². The van der Waals surface area contributed by atoms with Crippen molar-refractivity contribution in [1.82, 2.24) is 5.32 Å². The topological polar surface area (TPSA) is 55.1 Å². The molecule has 1 aliphatic rings. The zero-order valence-corrected chi connectivity index (χ0v) is 13.4. The summed E-state index contributed by atoms with van der Waals surface area (Å²) >= 11 is 3.47. The first-order valence-corrected chi connectivity index (χ1v) is 7.79. The van der Waals surface area contributed by atoms with Crippen LogP contribution in [0.15, 0.2) is 40.9 Å². The Morgan fingerprint density at radius 2 is 2.10 bits per heavy atom. The number of anilines is 1. The summed E-state index contributed by atoms with van der Waals surface area (Å²) in [4.78, 5) is 12.4. The Bertz CT molecular complexity index is 712. The molecule has 2 aromatic rings. The van der Waals surface area contributed by atoms with Crippen LogP contribution in [-0.4, -0.2) is 5.91 Å². The van der Waals surface area contributed by atoms with Crippen LogP contribution in [0.25, 0.3) is 0 Å². The first-order chi connectivity index (χ1) is 10.0. The average Bonchev–Trinajstić information content (AvgIpc) is 2.84. The standard InChI is InChI=1S/C17H17BrN2O/c1-10-2-3-12(9-15(10)18)17(21)20-16-7-4-11-8-13(19)5-6-14(11)16/h2-3,5-6,8-9,16H,4,7,19H2,1H3,(H,20,21). The molecule has 0 radical (unpaired) electrons. The van der Waals surface area contributed by atoms with Crippen LogP contribution in [0, 0.1) is 6.92 Å². The third kappa shape index (κ3) is 2.81. The molecule has 1 unspecified atom stereocenters. The van der Waals surface area contributed by atoms with Gasteiger partial charge in [-0.2, -0.15) is 0 Å². The predicted molar refractivity (Wildman–Crippen MR) is 88.3 cm³/mol. The van der Waals surface area contributed by atoms with Gasteiger partial charge in [0.1, 0.15) is 0 Å². The maximum atomic E-state index is 12.4. The summed E-state index contributed by atoms with van der Waals surface area (Å²) < 4.78 is 0.953. The van der Waals surface area contributed by atoms with Gasteiger partial charge in [0, 0.05) is 15.7 Å². The molecule has 0 aliphatic heterocycles. The number of nitrogens with one attached hydrogen (secondary N) is 1. The molecule has 2 aromatic carbocycles. The lowest BCUT2D eigenvalue weighted by atomic mass is 10.1. The van der Waals surface area contributed by atoms with Crippen molar-refractivity contribution >= 4 is 27.5 Å². The van der Waals surface area contributed by atoms with Gasteiger partial charge in [0.15, 0.2) is 0 Å². The average molecular weight is 345 g/mol. The molecule has 3 N–H and O–H groups in total. The Kier molecular flexibility index (Phi) is 3.72. The molecule has 108 valence electrons. The van der Waals surface area contributed by atoms with Crippen LogP contribution >= 0.6 is 15.9 Å². The van der Waals surface area contributed by atoms with Gasteiger partial charge in [-0.1, -0.05) is 28.1 Å². The number of aryl methyl sites for hydroxylation is 2. The van der Waals surface area contributed by atoms with E-state index in [1.165, 1.54) is 11.1 Å². The van der Waals surface area contributed by atoms with Crippen molar-refractivity contribution in [2.24, 2.45) is 0 Å². The van der Waals surface area contributed by atoms with Crippen LogP contribution in [0.2, 0.25) is 0 Å². The number of hydrogen-bond donors (Lipinski definition) is 2. The summed E-state index contributed by atoms with van der Waals surface area (Å²) in [5.41, 5.74) is 10.8. The Morgan fingerprint density at radius 1 is 1.29 bits per heavy atom. The van der Waals surface area contributed by atoms with E-state index in [0.717, 1.165) is 28.6 Å². The summed E-state index contributed by atoms with van der Waals surface area (Å²) in [5, 5.41) is 3.12. The Balaban J connectivity index is 1.79. The maximum Gasteiger partial charge on any atom is 0.251 e. The molecular formula is C17H17BrN2O. The van der Waals surface area contributed by atoms with Crippen molar-refractivity contribution in [3.05, 3.63) is 63.1 Å². The van der Waals surface area contributed by atoms with Gasteiger partial charge in [-0.3, -0.25) is 4.79 Å². The van der Waals surface area contributed by atoms with Crippen molar-refractivity contribution in [3.8, 4) is 0 Å². The lowest BCUT2D eigenvalue weighted by Gasteiger charge is -2.15. The Morgan fingerprint density at radius 3 is 2.86 bits per heavy atom. The molecular weight excluding hydrogens is 328 g/mol. The second kappa shape index (κ2) is 5.53. The molecule has 3 nitrogen and oxygen atoms in total. The smallest absolute Gasteiger partial charge is 0.251 e. The predicted octanol–water partition coefficient (Wildman–Crippen LogP) is 3.76. The van der Waals surface area contributed by atoms with E-state index in [9.17, 15) is 4.79 Å². The maximum absolute atomic E-state index is 12.4. The number of halogens is 1. The van der Waals surface area contributed by atoms with Gasteiger partial charge in [-0.05, 0) is 60.7 Å². The highest BCUT2D eigenvalue weighted by Crippen LogP contribution is 2.32. The van der Waals surface area contributed by atoms with Gasteiger partial charge >= 0.3 is 0 Å². The van der Waals surface area contributed by atoms with E-state index in [2.05, 4.69) is 21.2 Å². The minimum absolute atomic E-state index is 0.0367. The molecule has 0 heterocycles. The van der Waals surface area contributed by atoms with Crippen molar-refractivity contribution in [2.45, 2.75) is 25.8 Å². The van der Waals surface area contributed by atoms with E-state index in [1.54, 1.807) is 0 Å². The molecule has 0 saturated heterocycles. The molecule has 4 heteroatoms. The fourth-order valence-electron chi connectivity index (χ4n) is 2.76. The minimum atomic E-state index is -0.0367. The summed E-state index contributed by atoms with van der Waals surface area (Å²) in [6.07, 6.45) is 1.89.